The average molecular weight is 616 g/mol. The molecule has 1 unspecified atom stereocenters. The molecule has 0 radical (unpaired) electrons. The quantitative estimate of drug-likeness (QED) is 0.177. The highest BCUT2D eigenvalue weighted by atomic mass is 35.5. The van der Waals surface area contributed by atoms with Crippen LogP contribution in [0.2, 0.25) is 5.02 Å². The normalized spacial score (nSPS) is 19.8. The lowest BCUT2D eigenvalue weighted by Gasteiger charge is -2.39. The molecule has 2 fully saturated rings. The van der Waals surface area contributed by atoms with Crippen LogP contribution < -0.4 is 10.1 Å². The number of methoxy groups -OCH3 is 1. The van der Waals surface area contributed by atoms with Gasteiger partial charge >= 0.3 is 0 Å². The second-order valence-electron chi connectivity index (χ2n) is 12.3. The largest absolute Gasteiger partial charge is 0.495 e. The van der Waals surface area contributed by atoms with E-state index in [1.807, 2.05) is 49.5 Å². The number of carbonyl (C=O) groups is 2. The van der Waals surface area contributed by atoms with Crippen molar-refractivity contribution in [3.05, 3.63) is 100.0 Å². The van der Waals surface area contributed by atoms with Gasteiger partial charge in [0.2, 0.25) is 0 Å². The molecule has 1 N–H and O–H groups in total. The minimum atomic E-state index is -0.501. The lowest BCUT2D eigenvalue weighted by Crippen LogP contribution is -2.43. The first-order valence-electron chi connectivity index (χ1n) is 15.5. The molecule has 0 aliphatic carbocycles. The highest BCUT2D eigenvalue weighted by molar-refractivity contribution is 6.31. The SMILES string of the molecule is COc1cccc2c(C(=O)NCc3cccc(C)c3)cn(CCCN3[C@@H]4CC[C@H]3CC(CC(=O)c3ccc(F)c(Cl)c3)C4)c12. The fraction of sp³-hybridized carbons (Fsp3) is 0.389. The summed E-state index contributed by atoms with van der Waals surface area (Å²) < 4.78 is 21.4. The third-order valence-corrected chi connectivity index (χ3v) is 9.66. The van der Waals surface area contributed by atoms with Crippen LogP contribution in [0.25, 0.3) is 10.9 Å². The summed E-state index contributed by atoms with van der Waals surface area (Å²) in [6.45, 7) is 4.25. The Morgan fingerprint density at radius 1 is 1.02 bits per heavy atom. The molecule has 230 valence electrons. The molecule has 8 heteroatoms. The van der Waals surface area contributed by atoms with Crippen LogP contribution in [0.1, 0.15) is 70.4 Å². The first-order valence-corrected chi connectivity index (χ1v) is 15.9. The van der Waals surface area contributed by atoms with E-state index in [4.69, 9.17) is 16.3 Å². The summed E-state index contributed by atoms with van der Waals surface area (Å²) in [6, 6.07) is 19.2. The molecule has 6 nitrogen and oxygen atoms in total. The number of piperidine rings is 1. The van der Waals surface area contributed by atoms with Crippen molar-refractivity contribution < 1.29 is 18.7 Å². The first-order chi connectivity index (χ1) is 21.3. The van der Waals surface area contributed by atoms with E-state index in [-0.39, 0.29) is 16.7 Å². The molecule has 0 saturated carbocycles. The fourth-order valence-corrected chi connectivity index (χ4v) is 7.52. The second kappa shape index (κ2) is 13.1. The van der Waals surface area contributed by atoms with Crippen molar-refractivity contribution in [2.45, 2.75) is 70.6 Å². The van der Waals surface area contributed by atoms with Crippen LogP contribution in [-0.2, 0) is 13.1 Å². The number of rotatable bonds is 11. The molecule has 44 heavy (non-hydrogen) atoms. The van der Waals surface area contributed by atoms with Crippen molar-refractivity contribution in [2.75, 3.05) is 13.7 Å². The van der Waals surface area contributed by atoms with Gasteiger partial charge in [0, 0.05) is 55.3 Å². The monoisotopic (exact) mass is 615 g/mol. The van der Waals surface area contributed by atoms with Crippen molar-refractivity contribution in [1.82, 2.24) is 14.8 Å². The lowest BCUT2D eigenvalue weighted by molar-refractivity contribution is 0.0807. The minimum Gasteiger partial charge on any atom is -0.495 e. The highest BCUT2D eigenvalue weighted by Gasteiger charge is 2.40. The van der Waals surface area contributed by atoms with E-state index < -0.39 is 5.82 Å². The molecule has 1 amide bonds. The maximum atomic E-state index is 13.6. The number of aryl methyl sites for hydroxylation is 2. The van der Waals surface area contributed by atoms with E-state index in [1.165, 1.54) is 23.8 Å². The molecule has 2 saturated heterocycles. The van der Waals surface area contributed by atoms with Gasteiger partial charge in [0.15, 0.2) is 5.78 Å². The van der Waals surface area contributed by atoms with Gasteiger partial charge in [-0.2, -0.15) is 0 Å². The van der Waals surface area contributed by atoms with Gasteiger partial charge in [-0.1, -0.05) is 53.6 Å². The molecule has 2 bridgehead atoms. The Kier molecular flexibility index (Phi) is 9.06. The summed E-state index contributed by atoms with van der Waals surface area (Å²) in [5, 5.41) is 3.98. The third kappa shape index (κ3) is 6.40. The number of hydrogen-bond donors (Lipinski definition) is 1. The molecule has 1 aromatic heterocycles. The maximum absolute atomic E-state index is 13.6. The number of ketones is 1. The van der Waals surface area contributed by atoms with Crippen LogP contribution in [0.5, 0.6) is 5.75 Å². The number of fused-ring (bicyclic) bond motifs is 3. The van der Waals surface area contributed by atoms with Crippen LogP contribution in [0, 0.1) is 18.7 Å². The van der Waals surface area contributed by atoms with E-state index in [9.17, 15) is 14.0 Å². The van der Waals surface area contributed by atoms with Gasteiger partial charge in [-0.15, -0.1) is 0 Å². The van der Waals surface area contributed by atoms with Gasteiger partial charge in [-0.05, 0) is 74.8 Å². The second-order valence-corrected chi connectivity index (χ2v) is 12.7. The van der Waals surface area contributed by atoms with Crippen molar-refractivity contribution in [3.8, 4) is 5.75 Å². The van der Waals surface area contributed by atoms with Gasteiger partial charge in [0.1, 0.15) is 11.6 Å². The standard InChI is InChI=1S/C36H39ClFN3O3/c1-23-6-3-7-24(16-23)21-39-36(43)30-22-40(35-29(30)8-4-9-34(35)44-2)14-5-15-41-27-11-12-28(41)18-25(17-27)19-33(42)26-10-13-32(38)31(37)20-26/h3-4,6-10,13,16,20,22,25,27-28H,5,11-12,14-15,17-19,21H2,1-2H3,(H,39,43)/t25?,27-,28+. The van der Waals surface area contributed by atoms with Gasteiger partial charge < -0.3 is 14.6 Å². The molecular formula is C36H39ClFN3O3. The Labute approximate surface area is 263 Å². The van der Waals surface area contributed by atoms with E-state index in [0.29, 0.717) is 42.1 Å². The highest BCUT2D eigenvalue weighted by Crippen LogP contribution is 2.40. The fourth-order valence-electron chi connectivity index (χ4n) is 7.34. The molecule has 3 aromatic carbocycles. The van der Waals surface area contributed by atoms with Gasteiger partial charge in [0.25, 0.3) is 5.91 Å². The van der Waals surface area contributed by atoms with E-state index >= 15 is 0 Å². The van der Waals surface area contributed by atoms with Crippen LogP contribution >= 0.6 is 11.6 Å². The molecule has 3 heterocycles. The van der Waals surface area contributed by atoms with E-state index in [0.717, 1.165) is 67.4 Å². The zero-order chi connectivity index (χ0) is 30.8. The van der Waals surface area contributed by atoms with E-state index in [2.05, 4.69) is 20.9 Å². The number of halogens is 2. The van der Waals surface area contributed by atoms with Crippen molar-refractivity contribution in [1.29, 1.82) is 0 Å². The zero-order valence-electron chi connectivity index (χ0n) is 25.3. The molecule has 2 aliphatic rings. The number of carbonyl (C=O) groups excluding carboxylic acids is 2. The Bertz CT molecular complexity index is 1670. The number of nitrogens with zero attached hydrogens (tertiary/aromatic N) is 2. The van der Waals surface area contributed by atoms with Crippen LogP contribution in [-0.4, -0.2) is 46.9 Å². The number of Topliss-reactive ketones (excluding diaryl/α,β-unsaturated/α-hetero) is 1. The van der Waals surface area contributed by atoms with Crippen molar-refractivity contribution >= 4 is 34.2 Å². The number of nitrogens with one attached hydrogen (secondary N) is 1. The number of ether oxygens (including phenoxy) is 1. The Hall–Kier alpha value is -3.68. The first kappa shape index (κ1) is 30.4. The summed E-state index contributed by atoms with van der Waals surface area (Å²) in [5.74, 6) is 0.531. The number of para-hydroxylation sites is 1. The molecular weight excluding hydrogens is 577 g/mol. The Morgan fingerprint density at radius 2 is 1.80 bits per heavy atom. The number of benzene rings is 3. The van der Waals surface area contributed by atoms with Crippen molar-refractivity contribution in [3.63, 3.8) is 0 Å². The number of amides is 1. The molecule has 6 rings (SSSR count). The smallest absolute Gasteiger partial charge is 0.253 e. The predicted octanol–water partition coefficient (Wildman–Crippen LogP) is 7.59. The zero-order valence-corrected chi connectivity index (χ0v) is 26.1. The molecule has 3 atom stereocenters. The molecule has 0 spiro atoms. The van der Waals surface area contributed by atoms with Gasteiger partial charge in [-0.3, -0.25) is 14.5 Å². The Balaban J connectivity index is 1.09. The van der Waals surface area contributed by atoms with Crippen LogP contribution in [0.3, 0.4) is 0 Å². The summed E-state index contributed by atoms with van der Waals surface area (Å²) in [7, 11) is 1.67. The van der Waals surface area contributed by atoms with Crippen LogP contribution in [0.15, 0.2) is 66.9 Å². The lowest BCUT2D eigenvalue weighted by atomic mass is 9.85. The molecule has 2 aliphatic heterocycles. The van der Waals surface area contributed by atoms with E-state index in [1.54, 1.807) is 7.11 Å². The number of aromatic nitrogens is 1. The van der Waals surface area contributed by atoms with Crippen LogP contribution in [0.4, 0.5) is 4.39 Å². The topological polar surface area (TPSA) is 63.6 Å². The predicted molar refractivity (Wildman–Crippen MR) is 172 cm³/mol. The molecule has 4 aromatic rings. The average Bonchev–Trinajstić information content (AvgIpc) is 3.50. The number of hydrogen-bond acceptors (Lipinski definition) is 4. The summed E-state index contributed by atoms with van der Waals surface area (Å²) in [4.78, 5) is 28.9. The van der Waals surface area contributed by atoms with Crippen molar-refractivity contribution in [2.24, 2.45) is 5.92 Å². The van der Waals surface area contributed by atoms with Gasteiger partial charge in [-0.25, -0.2) is 4.39 Å². The summed E-state index contributed by atoms with van der Waals surface area (Å²) >= 11 is 5.91. The summed E-state index contributed by atoms with van der Waals surface area (Å²) in [6.07, 6.45) is 7.70. The minimum absolute atomic E-state index is 0.00571. The maximum Gasteiger partial charge on any atom is 0.253 e. The Morgan fingerprint density at radius 3 is 2.52 bits per heavy atom. The van der Waals surface area contributed by atoms with Gasteiger partial charge in [0.05, 0.1) is 23.2 Å². The summed E-state index contributed by atoms with van der Waals surface area (Å²) in [5.41, 5.74) is 4.32. The third-order valence-electron chi connectivity index (χ3n) is 9.37.